The van der Waals surface area contributed by atoms with Crippen LogP contribution in [0.2, 0.25) is 5.02 Å². The van der Waals surface area contributed by atoms with Crippen molar-refractivity contribution in [2.45, 2.75) is 12.8 Å². The minimum absolute atomic E-state index is 0.0717. The molecule has 110 valence electrons. The van der Waals surface area contributed by atoms with Crippen LogP contribution in [0.15, 0.2) is 18.3 Å². The van der Waals surface area contributed by atoms with Gasteiger partial charge in [-0.1, -0.05) is 11.6 Å². The smallest absolute Gasteiger partial charge is 0.242 e. The molecule has 0 radical (unpaired) electrons. The van der Waals surface area contributed by atoms with E-state index in [1.54, 1.807) is 23.2 Å². The van der Waals surface area contributed by atoms with Crippen LogP contribution in [-0.4, -0.2) is 54.2 Å². The van der Waals surface area contributed by atoms with E-state index < -0.39 is 0 Å². The lowest BCUT2D eigenvalue weighted by molar-refractivity contribution is -0.131. The van der Waals surface area contributed by atoms with Crippen LogP contribution in [0.25, 0.3) is 0 Å². The van der Waals surface area contributed by atoms with Crippen molar-refractivity contribution in [3.05, 3.63) is 23.4 Å². The molecule has 1 aliphatic rings. The lowest BCUT2D eigenvalue weighted by Crippen LogP contribution is -2.45. The van der Waals surface area contributed by atoms with Crippen LogP contribution >= 0.6 is 11.6 Å². The van der Waals surface area contributed by atoms with Crippen molar-refractivity contribution in [3.63, 3.8) is 0 Å². The molecular formula is C14H20ClN3O2. The van der Waals surface area contributed by atoms with Crippen LogP contribution in [0.5, 0.6) is 0 Å². The van der Waals surface area contributed by atoms with E-state index in [0.717, 1.165) is 25.2 Å². The number of aromatic nitrogens is 1. The molecule has 1 fully saturated rings. The highest BCUT2D eigenvalue weighted by atomic mass is 35.5. The molecule has 0 spiro atoms. The molecule has 0 saturated carbocycles. The maximum Gasteiger partial charge on any atom is 0.242 e. The van der Waals surface area contributed by atoms with Gasteiger partial charge in [-0.25, -0.2) is 4.98 Å². The van der Waals surface area contributed by atoms with Crippen LogP contribution in [0.4, 0.5) is 5.82 Å². The van der Waals surface area contributed by atoms with Crippen molar-refractivity contribution in [1.82, 2.24) is 9.88 Å². The number of pyridine rings is 1. The normalized spacial score (nSPS) is 18.9. The summed E-state index contributed by atoms with van der Waals surface area (Å²) in [5, 5.41) is 9.78. The van der Waals surface area contributed by atoms with Gasteiger partial charge >= 0.3 is 0 Å². The second-order valence-electron chi connectivity index (χ2n) is 5.22. The summed E-state index contributed by atoms with van der Waals surface area (Å²) in [7, 11) is 1.83. The third-order valence-electron chi connectivity index (χ3n) is 3.61. The summed E-state index contributed by atoms with van der Waals surface area (Å²) in [6.45, 7) is 1.86. The Morgan fingerprint density at radius 2 is 2.40 bits per heavy atom. The van der Waals surface area contributed by atoms with Crippen LogP contribution < -0.4 is 4.90 Å². The second kappa shape index (κ2) is 6.90. The topological polar surface area (TPSA) is 56.7 Å². The van der Waals surface area contributed by atoms with E-state index in [0.29, 0.717) is 11.6 Å². The summed E-state index contributed by atoms with van der Waals surface area (Å²) in [4.78, 5) is 20.1. The van der Waals surface area contributed by atoms with Gasteiger partial charge in [0.2, 0.25) is 5.91 Å². The summed E-state index contributed by atoms with van der Waals surface area (Å²) in [5.41, 5.74) is 0. The standard InChI is InChI=1S/C14H20ClN3O2/c1-17(13-5-4-12(15)7-16-13)9-14(20)18-6-2-3-11(8-18)10-19/h4-5,7,11,19H,2-3,6,8-10H2,1H3. The quantitative estimate of drug-likeness (QED) is 0.913. The molecule has 1 amide bonds. The molecule has 5 nitrogen and oxygen atoms in total. The van der Waals surface area contributed by atoms with Gasteiger partial charge in [-0.2, -0.15) is 0 Å². The number of likely N-dealkylation sites (N-methyl/N-ethyl adjacent to an activating group) is 1. The number of piperidine rings is 1. The third-order valence-corrected chi connectivity index (χ3v) is 3.83. The molecule has 1 unspecified atom stereocenters. The molecule has 1 aliphatic heterocycles. The predicted octanol–water partition coefficient (Wildman–Crippen LogP) is 1.40. The summed E-state index contributed by atoms with van der Waals surface area (Å²) in [6, 6.07) is 3.55. The van der Waals surface area contributed by atoms with Gasteiger partial charge in [-0.15, -0.1) is 0 Å². The van der Waals surface area contributed by atoms with E-state index in [1.807, 2.05) is 11.9 Å². The summed E-state index contributed by atoms with van der Waals surface area (Å²) >= 11 is 5.80. The van der Waals surface area contributed by atoms with Crippen LogP contribution in [0, 0.1) is 5.92 Å². The SMILES string of the molecule is CN(CC(=O)N1CCCC(CO)C1)c1ccc(Cl)cn1. The maximum absolute atomic E-state index is 12.3. The molecule has 6 heteroatoms. The Labute approximate surface area is 124 Å². The number of rotatable bonds is 4. The number of hydrogen-bond acceptors (Lipinski definition) is 4. The number of anilines is 1. The first kappa shape index (κ1) is 15.1. The average molecular weight is 298 g/mol. The van der Waals surface area contributed by atoms with Crippen molar-refractivity contribution in [3.8, 4) is 0 Å². The fourth-order valence-electron chi connectivity index (χ4n) is 2.42. The Kier molecular flexibility index (Phi) is 5.20. The van der Waals surface area contributed by atoms with Crippen LogP contribution in [0.1, 0.15) is 12.8 Å². The summed E-state index contributed by atoms with van der Waals surface area (Å²) in [5.74, 6) is 1.01. The van der Waals surface area contributed by atoms with E-state index in [-0.39, 0.29) is 25.0 Å². The first-order valence-corrected chi connectivity index (χ1v) is 7.19. The van der Waals surface area contributed by atoms with Crippen LogP contribution in [0.3, 0.4) is 0 Å². The Hall–Kier alpha value is -1.33. The minimum atomic E-state index is 0.0717. The van der Waals surface area contributed by atoms with Crippen molar-refractivity contribution in [2.24, 2.45) is 5.92 Å². The fourth-order valence-corrected chi connectivity index (χ4v) is 2.53. The van der Waals surface area contributed by atoms with Crippen LogP contribution in [-0.2, 0) is 4.79 Å². The first-order chi connectivity index (χ1) is 9.60. The summed E-state index contributed by atoms with van der Waals surface area (Å²) in [6.07, 6.45) is 3.52. The molecule has 0 aromatic carbocycles. The Morgan fingerprint density at radius 3 is 3.05 bits per heavy atom. The van der Waals surface area contributed by atoms with Crippen molar-refractivity contribution in [2.75, 3.05) is 38.2 Å². The van der Waals surface area contributed by atoms with E-state index in [1.165, 1.54) is 0 Å². The zero-order chi connectivity index (χ0) is 14.5. The predicted molar refractivity (Wildman–Crippen MR) is 78.9 cm³/mol. The number of carbonyl (C=O) groups is 1. The maximum atomic E-state index is 12.3. The molecule has 0 bridgehead atoms. The highest BCUT2D eigenvalue weighted by Gasteiger charge is 2.23. The number of halogens is 1. The molecule has 20 heavy (non-hydrogen) atoms. The number of aliphatic hydroxyl groups is 1. The second-order valence-corrected chi connectivity index (χ2v) is 5.66. The highest BCUT2D eigenvalue weighted by Crippen LogP contribution is 2.17. The van der Waals surface area contributed by atoms with Crippen molar-refractivity contribution >= 4 is 23.3 Å². The average Bonchev–Trinajstić information content (AvgIpc) is 2.47. The molecule has 1 aromatic heterocycles. The van der Waals surface area contributed by atoms with Gasteiger partial charge in [-0.3, -0.25) is 4.79 Å². The van der Waals surface area contributed by atoms with E-state index in [2.05, 4.69) is 4.98 Å². The van der Waals surface area contributed by atoms with Gasteiger partial charge < -0.3 is 14.9 Å². The fraction of sp³-hybridized carbons (Fsp3) is 0.571. The molecule has 1 aromatic rings. The van der Waals surface area contributed by atoms with Gasteiger partial charge in [0.1, 0.15) is 5.82 Å². The number of likely N-dealkylation sites (tertiary alicyclic amines) is 1. The molecular weight excluding hydrogens is 278 g/mol. The lowest BCUT2D eigenvalue weighted by Gasteiger charge is -2.33. The van der Waals surface area contributed by atoms with Gasteiger partial charge in [0, 0.05) is 32.9 Å². The van der Waals surface area contributed by atoms with E-state index in [4.69, 9.17) is 11.6 Å². The number of nitrogens with zero attached hydrogens (tertiary/aromatic N) is 3. The van der Waals surface area contributed by atoms with E-state index >= 15 is 0 Å². The molecule has 0 aliphatic carbocycles. The number of hydrogen-bond donors (Lipinski definition) is 1. The molecule has 1 N–H and O–H groups in total. The highest BCUT2D eigenvalue weighted by molar-refractivity contribution is 6.30. The lowest BCUT2D eigenvalue weighted by atomic mass is 9.99. The van der Waals surface area contributed by atoms with Gasteiger partial charge in [0.05, 0.1) is 11.6 Å². The molecule has 1 saturated heterocycles. The van der Waals surface area contributed by atoms with Gasteiger partial charge in [0.25, 0.3) is 0 Å². The first-order valence-electron chi connectivity index (χ1n) is 6.81. The third kappa shape index (κ3) is 3.84. The zero-order valence-corrected chi connectivity index (χ0v) is 12.4. The largest absolute Gasteiger partial charge is 0.396 e. The Bertz CT molecular complexity index is 452. The number of amides is 1. The Balaban J connectivity index is 1.91. The Morgan fingerprint density at radius 1 is 1.60 bits per heavy atom. The van der Waals surface area contributed by atoms with E-state index in [9.17, 15) is 9.90 Å². The minimum Gasteiger partial charge on any atom is -0.396 e. The van der Waals surface area contributed by atoms with Crippen molar-refractivity contribution in [1.29, 1.82) is 0 Å². The molecule has 1 atom stereocenters. The van der Waals surface area contributed by atoms with Crippen molar-refractivity contribution < 1.29 is 9.90 Å². The number of aliphatic hydroxyl groups excluding tert-OH is 1. The zero-order valence-electron chi connectivity index (χ0n) is 11.6. The molecule has 2 heterocycles. The monoisotopic (exact) mass is 297 g/mol. The van der Waals surface area contributed by atoms with Gasteiger partial charge in [-0.05, 0) is 30.9 Å². The summed E-state index contributed by atoms with van der Waals surface area (Å²) < 4.78 is 0. The number of carbonyl (C=O) groups excluding carboxylic acids is 1. The van der Waals surface area contributed by atoms with Gasteiger partial charge in [0.15, 0.2) is 0 Å². The molecule has 2 rings (SSSR count).